The lowest BCUT2D eigenvalue weighted by molar-refractivity contribution is 0.169. The lowest BCUT2D eigenvalue weighted by Gasteiger charge is -2.36. The Hall–Kier alpha value is -2.21. The van der Waals surface area contributed by atoms with Crippen LogP contribution in [0, 0.1) is 0 Å². The Bertz CT molecular complexity index is 798. The smallest absolute Gasteiger partial charge is 0.194 e. The van der Waals surface area contributed by atoms with E-state index in [-0.39, 0.29) is 24.0 Å². The molecule has 0 spiro atoms. The summed E-state index contributed by atoms with van der Waals surface area (Å²) in [5, 5.41) is 7.41. The van der Waals surface area contributed by atoms with Crippen LogP contribution in [0.15, 0.2) is 34.0 Å². The van der Waals surface area contributed by atoms with Crippen molar-refractivity contribution < 1.29 is 18.7 Å². The number of halogens is 1. The Labute approximate surface area is 200 Å². The van der Waals surface area contributed by atoms with Crippen molar-refractivity contribution in [2.24, 2.45) is 4.99 Å². The van der Waals surface area contributed by atoms with Crippen LogP contribution in [0.3, 0.4) is 0 Å². The van der Waals surface area contributed by atoms with Crippen LogP contribution >= 0.6 is 24.0 Å². The van der Waals surface area contributed by atoms with Gasteiger partial charge in [0, 0.05) is 57.5 Å². The third-order valence-electron chi connectivity index (χ3n) is 5.09. The van der Waals surface area contributed by atoms with Crippen LogP contribution in [-0.2, 0) is 13.1 Å². The molecule has 1 aliphatic heterocycles. The number of aromatic nitrogens is 1. The molecule has 0 amide bonds. The third-order valence-corrected chi connectivity index (χ3v) is 5.09. The maximum Gasteiger partial charge on any atom is 0.194 e. The van der Waals surface area contributed by atoms with Crippen LogP contribution in [-0.4, -0.2) is 75.0 Å². The van der Waals surface area contributed by atoms with Gasteiger partial charge in [0.15, 0.2) is 5.96 Å². The van der Waals surface area contributed by atoms with E-state index in [2.05, 4.69) is 27.2 Å². The van der Waals surface area contributed by atoms with Crippen molar-refractivity contribution in [3.8, 4) is 17.2 Å². The maximum atomic E-state index is 5.55. The summed E-state index contributed by atoms with van der Waals surface area (Å²) in [4.78, 5) is 9.52. The Balaban J connectivity index is 0.00000341. The molecule has 1 aromatic carbocycles. The first-order chi connectivity index (χ1) is 14.7. The van der Waals surface area contributed by atoms with E-state index in [1.165, 1.54) is 0 Å². The quantitative estimate of drug-likeness (QED) is 0.308. The van der Waals surface area contributed by atoms with Gasteiger partial charge in [0.25, 0.3) is 0 Å². The van der Waals surface area contributed by atoms with Crippen molar-refractivity contribution in [2.45, 2.75) is 20.0 Å². The summed E-state index contributed by atoms with van der Waals surface area (Å²) in [6, 6.07) is 5.61. The highest BCUT2D eigenvalue weighted by Crippen LogP contribution is 2.34. The molecule has 2 aromatic rings. The summed E-state index contributed by atoms with van der Waals surface area (Å²) >= 11 is 0. The topological polar surface area (TPSA) is 84.6 Å². The molecule has 0 atom stereocenters. The van der Waals surface area contributed by atoms with E-state index in [0.29, 0.717) is 23.8 Å². The van der Waals surface area contributed by atoms with Crippen LogP contribution in [0.25, 0.3) is 0 Å². The summed E-state index contributed by atoms with van der Waals surface area (Å²) in [5.74, 6) is 2.97. The average molecular weight is 545 g/mol. The zero-order chi connectivity index (χ0) is 21.3. The van der Waals surface area contributed by atoms with Crippen molar-refractivity contribution in [1.82, 2.24) is 20.3 Å². The van der Waals surface area contributed by atoms with Crippen LogP contribution in [0.2, 0.25) is 0 Å². The summed E-state index contributed by atoms with van der Waals surface area (Å²) in [6.07, 6.45) is 1.61. The number of nitrogens with one attached hydrogen (secondary N) is 1. The molecule has 0 aliphatic carbocycles. The van der Waals surface area contributed by atoms with Crippen molar-refractivity contribution in [3.05, 3.63) is 35.7 Å². The van der Waals surface area contributed by atoms with Gasteiger partial charge in [-0.1, -0.05) is 5.16 Å². The van der Waals surface area contributed by atoms with E-state index in [4.69, 9.17) is 23.7 Å². The molecule has 1 N–H and O–H groups in total. The van der Waals surface area contributed by atoms with E-state index in [1.54, 1.807) is 27.6 Å². The van der Waals surface area contributed by atoms with Gasteiger partial charge in [0.2, 0.25) is 0 Å². The molecular formula is C21H32IN5O4. The van der Waals surface area contributed by atoms with Crippen LogP contribution < -0.4 is 19.5 Å². The van der Waals surface area contributed by atoms with Gasteiger partial charge in [-0.25, -0.2) is 4.99 Å². The van der Waals surface area contributed by atoms with E-state index in [1.807, 2.05) is 18.2 Å². The molecule has 10 heteroatoms. The van der Waals surface area contributed by atoms with Gasteiger partial charge in [-0.3, -0.25) is 4.90 Å². The summed E-state index contributed by atoms with van der Waals surface area (Å²) < 4.78 is 21.4. The standard InChI is InChI=1S/C21H31N5O4.HI/c1-5-22-21(26-9-7-25(8-10-26)15-16-6-11-30-24-16)23-14-18-19(28-3)12-17(27-2)13-20(18)29-4;/h6,11-13H,5,7-10,14-15H2,1-4H3,(H,22,23);1H. The number of rotatable bonds is 8. The Morgan fingerprint density at radius 1 is 1.10 bits per heavy atom. The second kappa shape index (κ2) is 12.6. The monoisotopic (exact) mass is 545 g/mol. The molecule has 1 aromatic heterocycles. The normalized spacial score (nSPS) is 14.7. The molecule has 1 aliphatic rings. The van der Waals surface area contributed by atoms with Crippen molar-refractivity contribution >= 4 is 29.9 Å². The lowest BCUT2D eigenvalue weighted by atomic mass is 10.1. The highest BCUT2D eigenvalue weighted by molar-refractivity contribution is 14.0. The van der Waals surface area contributed by atoms with E-state index in [9.17, 15) is 0 Å². The molecule has 0 unspecified atom stereocenters. The molecule has 0 radical (unpaired) electrons. The first kappa shape index (κ1) is 25.1. The van der Waals surface area contributed by atoms with E-state index < -0.39 is 0 Å². The molecule has 31 heavy (non-hydrogen) atoms. The molecule has 0 bridgehead atoms. The SMILES string of the molecule is CCNC(=NCc1c(OC)cc(OC)cc1OC)N1CCN(Cc2ccon2)CC1.I. The number of ether oxygens (including phenoxy) is 3. The molecule has 1 saturated heterocycles. The fourth-order valence-corrected chi connectivity index (χ4v) is 3.48. The third kappa shape index (κ3) is 6.63. The largest absolute Gasteiger partial charge is 0.496 e. The minimum Gasteiger partial charge on any atom is -0.496 e. The van der Waals surface area contributed by atoms with Crippen molar-refractivity contribution in [3.63, 3.8) is 0 Å². The van der Waals surface area contributed by atoms with Crippen LogP contribution in [0.4, 0.5) is 0 Å². The number of hydrogen-bond donors (Lipinski definition) is 1. The highest BCUT2D eigenvalue weighted by atomic mass is 127. The van der Waals surface area contributed by atoms with E-state index >= 15 is 0 Å². The predicted molar refractivity (Wildman–Crippen MR) is 130 cm³/mol. The van der Waals surface area contributed by atoms with Crippen LogP contribution in [0.1, 0.15) is 18.2 Å². The average Bonchev–Trinajstić information content (AvgIpc) is 3.29. The second-order valence-electron chi connectivity index (χ2n) is 6.93. The van der Waals surface area contributed by atoms with Gasteiger partial charge in [0.05, 0.1) is 39.1 Å². The first-order valence-corrected chi connectivity index (χ1v) is 10.1. The Morgan fingerprint density at radius 2 is 1.77 bits per heavy atom. The first-order valence-electron chi connectivity index (χ1n) is 10.1. The number of hydrogen-bond acceptors (Lipinski definition) is 7. The number of benzene rings is 1. The fraction of sp³-hybridized carbons (Fsp3) is 0.524. The predicted octanol–water partition coefficient (Wildman–Crippen LogP) is 2.60. The van der Waals surface area contributed by atoms with E-state index in [0.717, 1.165) is 56.5 Å². The van der Waals surface area contributed by atoms with Gasteiger partial charge < -0.3 is 29.0 Å². The van der Waals surface area contributed by atoms with Crippen LogP contribution in [0.5, 0.6) is 17.2 Å². The van der Waals surface area contributed by atoms with Gasteiger partial charge in [-0.15, -0.1) is 24.0 Å². The van der Waals surface area contributed by atoms with Gasteiger partial charge in [-0.2, -0.15) is 0 Å². The van der Waals surface area contributed by atoms with Gasteiger partial charge in [0.1, 0.15) is 23.5 Å². The summed E-state index contributed by atoms with van der Waals surface area (Å²) in [7, 11) is 4.90. The molecule has 9 nitrogen and oxygen atoms in total. The Morgan fingerprint density at radius 3 is 2.29 bits per heavy atom. The molecule has 3 rings (SSSR count). The maximum absolute atomic E-state index is 5.55. The number of methoxy groups -OCH3 is 3. The fourth-order valence-electron chi connectivity index (χ4n) is 3.48. The summed E-state index contributed by atoms with van der Waals surface area (Å²) in [6.45, 7) is 7.77. The number of nitrogens with zero attached hydrogens (tertiary/aromatic N) is 4. The minimum atomic E-state index is 0. The van der Waals surface area contributed by atoms with Crippen molar-refractivity contribution in [2.75, 3.05) is 54.1 Å². The number of aliphatic imine (C=N–C) groups is 1. The van der Waals surface area contributed by atoms with Crippen molar-refractivity contribution in [1.29, 1.82) is 0 Å². The Kier molecular flexibility index (Phi) is 10.2. The zero-order valence-electron chi connectivity index (χ0n) is 18.6. The number of piperazine rings is 1. The highest BCUT2D eigenvalue weighted by Gasteiger charge is 2.21. The summed E-state index contributed by atoms with van der Waals surface area (Å²) in [5.41, 5.74) is 1.85. The zero-order valence-corrected chi connectivity index (χ0v) is 20.9. The molecule has 1 fully saturated rings. The minimum absolute atomic E-state index is 0. The molecule has 2 heterocycles. The molecular weight excluding hydrogens is 513 g/mol. The molecule has 0 saturated carbocycles. The van der Waals surface area contributed by atoms with Gasteiger partial charge in [-0.05, 0) is 6.92 Å². The lowest BCUT2D eigenvalue weighted by Crippen LogP contribution is -2.52. The molecule has 172 valence electrons. The van der Waals surface area contributed by atoms with Gasteiger partial charge >= 0.3 is 0 Å². The second-order valence-corrected chi connectivity index (χ2v) is 6.93. The number of guanidine groups is 1.